The van der Waals surface area contributed by atoms with Gasteiger partial charge in [-0.25, -0.2) is 13.6 Å². The molecule has 0 aliphatic rings. The minimum Gasteiger partial charge on any atom is -0.476 e. The van der Waals surface area contributed by atoms with E-state index in [0.717, 1.165) is 10.7 Å². The average Bonchev–Trinajstić information content (AvgIpc) is 2.63. The molecule has 0 spiro atoms. The second-order valence-electron chi connectivity index (χ2n) is 2.92. The number of aryl methyl sites for hydroxylation is 1. The zero-order valence-electron chi connectivity index (χ0n) is 9.14. The number of carboxylic acids is 1. The number of alkyl halides is 2. The Labute approximate surface area is 96.0 Å². The van der Waals surface area contributed by atoms with Crippen LogP contribution in [0.25, 0.3) is 0 Å². The summed E-state index contributed by atoms with van der Waals surface area (Å²) in [6.45, 7) is 2.10. The molecule has 1 rings (SSSR count). The molecule has 0 saturated carbocycles. The molecule has 0 aromatic carbocycles. The van der Waals surface area contributed by atoms with Crippen molar-refractivity contribution in [3.05, 3.63) is 17.5 Å². The zero-order chi connectivity index (χ0) is 13.4. The van der Waals surface area contributed by atoms with E-state index in [0.29, 0.717) is 13.0 Å². The number of amides is 1. The summed E-state index contributed by atoms with van der Waals surface area (Å²) in [5, 5.41) is 12.1. The molecule has 0 radical (unpaired) electrons. The number of carboxylic acid groups (broad SMARTS) is 1. The summed E-state index contributed by atoms with van der Waals surface area (Å²) in [6.07, 6.45) is -1.82. The van der Waals surface area contributed by atoms with E-state index in [2.05, 4.69) is 10.8 Å². The van der Waals surface area contributed by atoms with Crippen molar-refractivity contribution < 1.29 is 23.5 Å². The van der Waals surface area contributed by atoms with Crippen LogP contribution in [0.3, 0.4) is 0 Å². The maximum absolute atomic E-state index is 12.4. The van der Waals surface area contributed by atoms with Gasteiger partial charge in [0.15, 0.2) is 5.69 Å². The van der Waals surface area contributed by atoms with Crippen LogP contribution in [0, 0.1) is 0 Å². The van der Waals surface area contributed by atoms with Gasteiger partial charge in [0.2, 0.25) is 6.41 Å². The van der Waals surface area contributed by atoms with Gasteiger partial charge in [-0.05, 0) is 6.42 Å². The lowest BCUT2D eigenvalue weighted by molar-refractivity contribution is -0.106. The van der Waals surface area contributed by atoms with E-state index < -0.39 is 12.4 Å². The maximum Gasteiger partial charge on any atom is 0.356 e. The van der Waals surface area contributed by atoms with Gasteiger partial charge in [0.05, 0.1) is 0 Å². The van der Waals surface area contributed by atoms with Crippen molar-refractivity contribution >= 4 is 12.4 Å². The van der Waals surface area contributed by atoms with Crippen LogP contribution >= 0.6 is 0 Å². The number of halogens is 2. The third-order valence-corrected chi connectivity index (χ3v) is 1.69. The normalized spacial score (nSPS) is 9.65. The van der Waals surface area contributed by atoms with Crippen molar-refractivity contribution in [1.29, 1.82) is 0 Å². The third kappa shape index (κ3) is 4.58. The number of hydrogen-bond donors (Lipinski definition) is 2. The van der Waals surface area contributed by atoms with E-state index >= 15 is 0 Å². The van der Waals surface area contributed by atoms with Gasteiger partial charge in [0, 0.05) is 12.6 Å². The van der Waals surface area contributed by atoms with Crippen LogP contribution in [-0.2, 0) is 11.3 Å². The van der Waals surface area contributed by atoms with Gasteiger partial charge in [-0.15, -0.1) is 0 Å². The summed E-state index contributed by atoms with van der Waals surface area (Å²) >= 11 is 0. The quantitative estimate of drug-likeness (QED) is 0.778. The first-order valence-electron chi connectivity index (χ1n) is 4.72. The van der Waals surface area contributed by atoms with E-state index in [9.17, 15) is 13.6 Å². The molecule has 17 heavy (non-hydrogen) atoms. The summed E-state index contributed by atoms with van der Waals surface area (Å²) in [6, 6.07) is 0.905. The molecule has 1 heterocycles. The molecule has 0 aliphatic carbocycles. The Bertz CT molecular complexity index is 380. The number of aromatic nitrogens is 2. The molecule has 6 nitrogen and oxygen atoms in total. The molecule has 1 aromatic rings. The molecule has 0 bridgehead atoms. The summed E-state index contributed by atoms with van der Waals surface area (Å²) in [5.74, 6) is -1.29. The summed E-state index contributed by atoms with van der Waals surface area (Å²) in [7, 11) is 0. The van der Waals surface area contributed by atoms with Crippen molar-refractivity contribution in [2.24, 2.45) is 5.73 Å². The van der Waals surface area contributed by atoms with Crippen LogP contribution < -0.4 is 5.73 Å². The van der Waals surface area contributed by atoms with Crippen molar-refractivity contribution in [2.45, 2.75) is 26.3 Å². The molecular formula is C9H13F2N3O3. The first-order valence-corrected chi connectivity index (χ1v) is 4.72. The van der Waals surface area contributed by atoms with Crippen LogP contribution in [0.2, 0.25) is 0 Å². The van der Waals surface area contributed by atoms with E-state index in [1.165, 1.54) is 0 Å². The molecule has 8 heteroatoms. The highest BCUT2D eigenvalue weighted by Crippen LogP contribution is 2.20. The smallest absolute Gasteiger partial charge is 0.356 e. The SMILES string of the molecule is CCCn1nc(C(=O)O)cc1C(F)F.NC=O. The summed E-state index contributed by atoms with van der Waals surface area (Å²) in [4.78, 5) is 19.1. The fourth-order valence-corrected chi connectivity index (χ4v) is 1.10. The van der Waals surface area contributed by atoms with Gasteiger partial charge < -0.3 is 10.8 Å². The molecule has 0 saturated heterocycles. The number of rotatable bonds is 4. The fraction of sp³-hybridized carbons (Fsp3) is 0.444. The van der Waals surface area contributed by atoms with Gasteiger partial charge in [-0.1, -0.05) is 6.92 Å². The minimum absolute atomic E-state index is 0.250. The van der Waals surface area contributed by atoms with Crippen LogP contribution in [0.5, 0.6) is 0 Å². The van der Waals surface area contributed by atoms with Gasteiger partial charge in [-0.2, -0.15) is 5.10 Å². The summed E-state index contributed by atoms with van der Waals surface area (Å²) < 4.78 is 25.8. The Kier molecular flexibility index (Phi) is 6.46. The molecule has 0 atom stereocenters. The van der Waals surface area contributed by atoms with E-state index in [1.807, 2.05) is 0 Å². The number of hydrogen-bond acceptors (Lipinski definition) is 3. The maximum atomic E-state index is 12.4. The Morgan fingerprint density at radius 1 is 1.71 bits per heavy atom. The predicted molar refractivity (Wildman–Crippen MR) is 54.7 cm³/mol. The van der Waals surface area contributed by atoms with E-state index in [4.69, 9.17) is 9.90 Å². The van der Waals surface area contributed by atoms with Gasteiger partial charge >= 0.3 is 5.97 Å². The lowest BCUT2D eigenvalue weighted by atomic mass is 10.3. The fourth-order valence-electron chi connectivity index (χ4n) is 1.10. The number of carbonyl (C=O) groups is 2. The predicted octanol–water partition coefficient (Wildman–Crippen LogP) is 1.03. The monoisotopic (exact) mass is 249 g/mol. The Balaban J connectivity index is 0.000000770. The summed E-state index contributed by atoms with van der Waals surface area (Å²) in [5.41, 5.74) is 3.48. The molecule has 0 unspecified atom stereocenters. The van der Waals surface area contributed by atoms with Crippen LogP contribution in [-0.4, -0.2) is 27.3 Å². The Hall–Kier alpha value is -1.99. The number of nitrogens with two attached hydrogens (primary N) is 1. The van der Waals surface area contributed by atoms with E-state index in [-0.39, 0.29) is 17.8 Å². The number of nitrogens with zero attached hydrogens (tertiary/aromatic N) is 2. The molecule has 0 aliphatic heterocycles. The third-order valence-electron chi connectivity index (χ3n) is 1.69. The van der Waals surface area contributed by atoms with Gasteiger partial charge in [-0.3, -0.25) is 9.48 Å². The minimum atomic E-state index is -2.69. The number of carbonyl (C=O) groups excluding carboxylic acids is 1. The van der Waals surface area contributed by atoms with Crippen molar-refractivity contribution in [3.63, 3.8) is 0 Å². The van der Waals surface area contributed by atoms with Gasteiger partial charge in [0.25, 0.3) is 6.43 Å². The molecule has 0 fully saturated rings. The highest BCUT2D eigenvalue weighted by Gasteiger charge is 2.18. The van der Waals surface area contributed by atoms with Crippen molar-refractivity contribution in [3.8, 4) is 0 Å². The lowest BCUT2D eigenvalue weighted by Gasteiger charge is -2.03. The van der Waals surface area contributed by atoms with Crippen LogP contribution in [0.4, 0.5) is 8.78 Å². The van der Waals surface area contributed by atoms with Crippen LogP contribution in [0.15, 0.2) is 6.07 Å². The lowest BCUT2D eigenvalue weighted by Crippen LogP contribution is -2.05. The first-order chi connectivity index (χ1) is 7.97. The average molecular weight is 249 g/mol. The first kappa shape index (κ1) is 15.0. The van der Waals surface area contributed by atoms with Gasteiger partial charge in [0.1, 0.15) is 5.69 Å². The molecule has 3 N–H and O–H groups in total. The molecule has 96 valence electrons. The highest BCUT2D eigenvalue weighted by atomic mass is 19.3. The molecule has 1 aromatic heterocycles. The topological polar surface area (TPSA) is 98.2 Å². The van der Waals surface area contributed by atoms with Crippen molar-refractivity contribution in [1.82, 2.24) is 9.78 Å². The van der Waals surface area contributed by atoms with E-state index in [1.54, 1.807) is 6.92 Å². The second-order valence-corrected chi connectivity index (χ2v) is 2.92. The second kappa shape index (κ2) is 7.31. The number of primary amides is 1. The zero-order valence-corrected chi connectivity index (χ0v) is 9.14. The number of aromatic carboxylic acids is 1. The highest BCUT2D eigenvalue weighted by molar-refractivity contribution is 5.85. The Morgan fingerprint density at radius 2 is 2.24 bits per heavy atom. The standard InChI is InChI=1S/C8H10F2N2O2.CH3NO/c1-2-3-12-6(7(9)10)4-5(11-12)8(13)14;2-1-3/h4,7H,2-3H2,1H3,(H,13,14);1H,(H2,2,3). The van der Waals surface area contributed by atoms with Crippen molar-refractivity contribution in [2.75, 3.05) is 0 Å². The molecular weight excluding hydrogens is 236 g/mol. The van der Waals surface area contributed by atoms with Crippen LogP contribution in [0.1, 0.15) is 36.0 Å². The Morgan fingerprint density at radius 3 is 2.59 bits per heavy atom. The molecule has 1 amide bonds. The largest absolute Gasteiger partial charge is 0.476 e.